The van der Waals surface area contributed by atoms with Crippen LogP contribution >= 0.6 is 0 Å². The molecule has 0 saturated heterocycles. The van der Waals surface area contributed by atoms with Crippen LogP contribution in [0.3, 0.4) is 0 Å². The van der Waals surface area contributed by atoms with Crippen LogP contribution in [0.15, 0.2) is 12.1 Å². The molecule has 1 amide bonds. The standard InChI is InChI=1S/C11H11F3N2O2/c1-5-10(17)16(2)8-4-6(11(12,13)14)3-7(15)9(8)18-5/h3-5H,15H2,1-2H3/t5-/m0/s1. The number of hydrogen-bond acceptors (Lipinski definition) is 3. The summed E-state index contributed by atoms with van der Waals surface area (Å²) in [6.07, 6.45) is -5.28. The monoisotopic (exact) mass is 260 g/mol. The Morgan fingerprint density at radius 1 is 1.39 bits per heavy atom. The highest BCUT2D eigenvalue weighted by atomic mass is 19.4. The van der Waals surface area contributed by atoms with E-state index in [0.717, 1.165) is 17.0 Å². The van der Waals surface area contributed by atoms with Gasteiger partial charge in [0.25, 0.3) is 5.91 Å². The van der Waals surface area contributed by atoms with Crippen molar-refractivity contribution < 1.29 is 22.7 Å². The first kappa shape index (κ1) is 12.5. The highest BCUT2D eigenvalue weighted by Crippen LogP contribution is 2.43. The summed E-state index contributed by atoms with van der Waals surface area (Å²) >= 11 is 0. The molecule has 2 rings (SSSR count). The summed E-state index contributed by atoms with van der Waals surface area (Å²) in [7, 11) is 1.39. The normalized spacial score (nSPS) is 19.5. The lowest BCUT2D eigenvalue weighted by Crippen LogP contribution is -2.42. The average Bonchev–Trinajstić information content (AvgIpc) is 2.26. The van der Waals surface area contributed by atoms with Crippen molar-refractivity contribution in [3.8, 4) is 5.75 Å². The maximum absolute atomic E-state index is 12.6. The van der Waals surface area contributed by atoms with Gasteiger partial charge in [-0.3, -0.25) is 4.79 Å². The number of anilines is 2. The SMILES string of the molecule is C[C@@H]1Oc2c(N)cc(C(F)(F)F)cc2N(C)C1=O. The first-order valence-electron chi connectivity index (χ1n) is 5.16. The van der Waals surface area contributed by atoms with E-state index in [1.165, 1.54) is 14.0 Å². The molecule has 1 aromatic rings. The molecule has 0 radical (unpaired) electrons. The second-order valence-electron chi connectivity index (χ2n) is 4.07. The van der Waals surface area contributed by atoms with Gasteiger partial charge >= 0.3 is 6.18 Å². The van der Waals surface area contributed by atoms with Crippen molar-refractivity contribution in [1.29, 1.82) is 0 Å². The molecular weight excluding hydrogens is 249 g/mol. The predicted octanol–water partition coefficient (Wildman–Crippen LogP) is 2.03. The van der Waals surface area contributed by atoms with Gasteiger partial charge in [-0.1, -0.05) is 0 Å². The number of alkyl halides is 3. The van der Waals surface area contributed by atoms with Gasteiger partial charge in [-0.15, -0.1) is 0 Å². The smallest absolute Gasteiger partial charge is 0.416 e. The number of nitrogen functional groups attached to an aromatic ring is 1. The van der Waals surface area contributed by atoms with Crippen molar-refractivity contribution in [2.75, 3.05) is 17.7 Å². The van der Waals surface area contributed by atoms with Gasteiger partial charge in [-0.25, -0.2) is 0 Å². The van der Waals surface area contributed by atoms with Crippen molar-refractivity contribution in [2.24, 2.45) is 0 Å². The predicted molar refractivity (Wildman–Crippen MR) is 59.4 cm³/mol. The van der Waals surface area contributed by atoms with E-state index < -0.39 is 23.8 Å². The van der Waals surface area contributed by atoms with Gasteiger partial charge in [0, 0.05) is 7.05 Å². The molecule has 2 N–H and O–H groups in total. The minimum atomic E-state index is -4.52. The fourth-order valence-electron chi connectivity index (χ4n) is 1.80. The topological polar surface area (TPSA) is 55.6 Å². The van der Waals surface area contributed by atoms with E-state index in [4.69, 9.17) is 10.5 Å². The Morgan fingerprint density at radius 2 is 2.00 bits per heavy atom. The van der Waals surface area contributed by atoms with Crippen LogP contribution < -0.4 is 15.4 Å². The molecule has 0 spiro atoms. The summed E-state index contributed by atoms with van der Waals surface area (Å²) in [6.45, 7) is 1.51. The van der Waals surface area contributed by atoms with Crippen molar-refractivity contribution >= 4 is 17.3 Å². The number of rotatable bonds is 0. The Hall–Kier alpha value is -1.92. The van der Waals surface area contributed by atoms with Crippen molar-refractivity contribution in [1.82, 2.24) is 0 Å². The van der Waals surface area contributed by atoms with Crippen molar-refractivity contribution in [3.63, 3.8) is 0 Å². The Bertz CT molecular complexity index is 514. The van der Waals surface area contributed by atoms with Crippen LogP contribution in [0, 0.1) is 0 Å². The zero-order valence-corrected chi connectivity index (χ0v) is 9.71. The molecule has 0 saturated carbocycles. The van der Waals surface area contributed by atoms with E-state index >= 15 is 0 Å². The van der Waals surface area contributed by atoms with E-state index in [9.17, 15) is 18.0 Å². The van der Waals surface area contributed by atoms with Crippen LogP contribution in [-0.2, 0) is 11.0 Å². The first-order valence-corrected chi connectivity index (χ1v) is 5.16. The number of nitrogens with two attached hydrogens (primary N) is 1. The zero-order chi connectivity index (χ0) is 13.7. The first-order chi connectivity index (χ1) is 8.21. The number of nitrogens with zero attached hydrogens (tertiary/aromatic N) is 1. The van der Waals surface area contributed by atoms with Crippen LogP contribution in [0.1, 0.15) is 12.5 Å². The molecule has 0 unspecified atom stereocenters. The van der Waals surface area contributed by atoms with Gasteiger partial charge in [0.1, 0.15) is 0 Å². The number of amides is 1. The lowest BCUT2D eigenvalue weighted by Gasteiger charge is -2.31. The van der Waals surface area contributed by atoms with E-state index in [2.05, 4.69) is 0 Å². The molecule has 1 aliphatic rings. The Morgan fingerprint density at radius 3 is 2.56 bits per heavy atom. The lowest BCUT2D eigenvalue weighted by atomic mass is 10.1. The van der Waals surface area contributed by atoms with Crippen LogP contribution in [0.25, 0.3) is 0 Å². The summed E-state index contributed by atoms with van der Waals surface area (Å²) < 4.78 is 43.1. The van der Waals surface area contributed by atoms with Gasteiger partial charge in [-0.05, 0) is 19.1 Å². The fraction of sp³-hybridized carbons (Fsp3) is 0.364. The Balaban J connectivity index is 2.60. The van der Waals surface area contributed by atoms with Gasteiger partial charge in [0.2, 0.25) is 0 Å². The fourth-order valence-corrected chi connectivity index (χ4v) is 1.80. The summed E-state index contributed by atoms with van der Waals surface area (Å²) in [4.78, 5) is 12.8. The van der Waals surface area contributed by atoms with Gasteiger partial charge in [0.05, 0.1) is 16.9 Å². The minimum absolute atomic E-state index is 0.0328. The van der Waals surface area contributed by atoms with Crippen molar-refractivity contribution in [3.05, 3.63) is 17.7 Å². The molecule has 1 aromatic carbocycles. The molecule has 0 bridgehead atoms. The minimum Gasteiger partial charge on any atom is -0.477 e. The maximum atomic E-state index is 12.6. The van der Waals surface area contributed by atoms with E-state index in [-0.39, 0.29) is 17.1 Å². The van der Waals surface area contributed by atoms with E-state index in [0.29, 0.717) is 0 Å². The molecular formula is C11H11F3N2O2. The zero-order valence-electron chi connectivity index (χ0n) is 9.71. The second kappa shape index (κ2) is 3.79. The quantitative estimate of drug-likeness (QED) is 0.726. The third-order valence-electron chi connectivity index (χ3n) is 2.76. The molecule has 1 heterocycles. The Labute approximate surface area is 101 Å². The third kappa shape index (κ3) is 1.85. The molecule has 4 nitrogen and oxygen atoms in total. The van der Waals surface area contributed by atoms with E-state index in [1.54, 1.807) is 0 Å². The lowest BCUT2D eigenvalue weighted by molar-refractivity contribution is -0.137. The number of fused-ring (bicyclic) bond motifs is 1. The summed E-state index contributed by atoms with van der Waals surface area (Å²) in [5.41, 5.74) is 4.54. The summed E-state index contributed by atoms with van der Waals surface area (Å²) in [5, 5.41) is 0. The van der Waals surface area contributed by atoms with Gasteiger partial charge in [0.15, 0.2) is 11.9 Å². The summed E-state index contributed by atoms with van der Waals surface area (Å²) in [6, 6.07) is 1.66. The highest BCUT2D eigenvalue weighted by Gasteiger charge is 2.36. The molecule has 7 heteroatoms. The molecule has 0 aromatic heterocycles. The number of ether oxygens (including phenoxy) is 1. The molecule has 1 aliphatic heterocycles. The largest absolute Gasteiger partial charge is 0.477 e. The number of benzene rings is 1. The van der Waals surface area contributed by atoms with Crippen LogP contribution in [-0.4, -0.2) is 19.1 Å². The summed E-state index contributed by atoms with van der Waals surface area (Å²) in [5.74, 6) is -0.307. The van der Waals surface area contributed by atoms with E-state index in [1.807, 2.05) is 0 Å². The molecule has 1 atom stereocenters. The number of likely N-dealkylation sites (N-methyl/N-ethyl adjacent to an activating group) is 1. The van der Waals surface area contributed by atoms with Gasteiger partial charge < -0.3 is 15.4 Å². The van der Waals surface area contributed by atoms with Crippen molar-refractivity contribution in [2.45, 2.75) is 19.2 Å². The molecule has 0 aliphatic carbocycles. The molecule has 18 heavy (non-hydrogen) atoms. The molecule has 98 valence electrons. The Kier molecular flexibility index (Phi) is 2.64. The highest BCUT2D eigenvalue weighted by molar-refractivity contribution is 6.00. The van der Waals surface area contributed by atoms with Crippen LogP contribution in [0.4, 0.5) is 24.5 Å². The number of carbonyl (C=O) groups is 1. The number of halogens is 3. The van der Waals surface area contributed by atoms with Crippen LogP contribution in [0.5, 0.6) is 5.75 Å². The third-order valence-corrected chi connectivity index (χ3v) is 2.76. The van der Waals surface area contributed by atoms with Gasteiger partial charge in [-0.2, -0.15) is 13.2 Å². The maximum Gasteiger partial charge on any atom is 0.416 e. The van der Waals surface area contributed by atoms with Crippen LogP contribution in [0.2, 0.25) is 0 Å². The number of carbonyl (C=O) groups excluding carboxylic acids is 1. The molecule has 0 fully saturated rings. The second-order valence-corrected chi connectivity index (χ2v) is 4.07. The number of hydrogen-bond donors (Lipinski definition) is 1. The average molecular weight is 260 g/mol.